The van der Waals surface area contributed by atoms with Crippen molar-refractivity contribution in [1.82, 2.24) is 0 Å². The van der Waals surface area contributed by atoms with Crippen LogP contribution in [-0.2, 0) is 15.7 Å². The van der Waals surface area contributed by atoms with Crippen molar-refractivity contribution in [2.24, 2.45) is 4.99 Å². The van der Waals surface area contributed by atoms with Gasteiger partial charge >= 0.3 is 18.3 Å². The Labute approximate surface area is 204 Å². The minimum Gasteiger partial charge on any atom is -0.405 e. The monoisotopic (exact) mass is 541 g/mol. The minimum absolute atomic E-state index is 0.120. The molecular weight excluding hydrogens is 531 g/mol. The number of hydrogen-bond acceptors (Lipinski definition) is 3. The Kier molecular flexibility index (Phi) is 6.19. The van der Waals surface area contributed by atoms with E-state index in [0.717, 1.165) is 24.3 Å². The van der Waals surface area contributed by atoms with Gasteiger partial charge in [0, 0.05) is 5.56 Å². The van der Waals surface area contributed by atoms with E-state index < -0.39 is 46.8 Å². The van der Waals surface area contributed by atoms with Gasteiger partial charge < -0.3 is 4.74 Å². The highest BCUT2D eigenvalue weighted by atomic mass is 35.5. The number of benzene rings is 2. The molecule has 12 heteroatoms. The Bertz CT molecular complexity index is 1210. The number of esters is 1. The molecular formula is C22H12Cl3F6NO2. The molecule has 1 atom stereocenters. The molecule has 2 aliphatic rings. The third-order valence-electron chi connectivity index (χ3n) is 5.39. The first-order chi connectivity index (χ1) is 15.7. The topological polar surface area (TPSA) is 38.7 Å². The van der Waals surface area contributed by atoms with Crippen LogP contribution in [-0.4, -0.2) is 23.6 Å². The van der Waals surface area contributed by atoms with E-state index in [2.05, 4.69) is 4.99 Å². The fourth-order valence-corrected chi connectivity index (χ4v) is 4.07. The molecule has 0 N–H and O–H groups in total. The van der Waals surface area contributed by atoms with E-state index in [9.17, 15) is 31.1 Å². The third-order valence-corrected chi connectivity index (χ3v) is 6.58. The highest BCUT2D eigenvalue weighted by molar-refractivity contribution is 6.48. The highest BCUT2D eigenvalue weighted by Gasteiger charge is 2.57. The van der Waals surface area contributed by atoms with Gasteiger partial charge in [-0.1, -0.05) is 53.0 Å². The Morgan fingerprint density at radius 3 is 2.12 bits per heavy atom. The van der Waals surface area contributed by atoms with Gasteiger partial charge in [-0.25, -0.2) is 9.79 Å². The number of carbonyl (C=O) groups excluding carboxylic acids is 1. The quantitative estimate of drug-likeness (QED) is 0.224. The Hall–Kier alpha value is -2.23. The van der Waals surface area contributed by atoms with Crippen LogP contribution in [0.3, 0.4) is 0 Å². The first-order valence-corrected chi connectivity index (χ1v) is 10.8. The van der Waals surface area contributed by atoms with E-state index in [1.54, 1.807) is 0 Å². The van der Waals surface area contributed by atoms with E-state index in [1.165, 1.54) is 6.07 Å². The van der Waals surface area contributed by atoms with Crippen molar-refractivity contribution >= 4 is 52.7 Å². The largest absolute Gasteiger partial charge is 0.417 e. The van der Waals surface area contributed by atoms with Crippen LogP contribution in [0.25, 0.3) is 6.08 Å². The highest BCUT2D eigenvalue weighted by Crippen LogP contribution is 2.46. The SMILES string of the molecule is O=C1OC(c2ccc(/C=C/C(c3cc(Cl)c(Cl)c(Cl)c3)C(F)(F)F)cc2C(F)(F)F)=NC12CC2. The second kappa shape index (κ2) is 8.46. The Balaban J connectivity index is 1.71. The van der Waals surface area contributed by atoms with Crippen LogP contribution in [0.5, 0.6) is 0 Å². The smallest absolute Gasteiger partial charge is 0.405 e. The zero-order chi connectivity index (χ0) is 25.1. The molecule has 4 rings (SSSR count). The van der Waals surface area contributed by atoms with Crippen LogP contribution >= 0.6 is 34.8 Å². The fourth-order valence-electron chi connectivity index (χ4n) is 3.45. The normalized spacial score (nSPS) is 18.4. The van der Waals surface area contributed by atoms with Crippen molar-refractivity contribution in [2.45, 2.75) is 36.7 Å². The van der Waals surface area contributed by atoms with Crippen LogP contribution in [0.4, 0.5) is 26.3 Å². The molecule has 2 aromatic carbocycles. The van der Waals surface area contributed by atoms with E-state index in [4.69, 9.17) is 39.5 Å². The summed E-state index contributed by atoms with van der Waals surface area (Å²) in [5, 5.41) is -0.516. The standard InChI is InChI=1S/C22H12Cl3F6NO2/c23-15-8-11(9-16(24)17(15)25)13(21(26,27)28)4-2-10-1-3-12(14(7-10)22(29,30)31)18-32-20(5-6-20)19(33)34-18/h1-4,7-9,13H,5-6H2/b4-2+. The number of cyclic esters (lactones) is 1. The number of hydrogen-bond donors (Lipinski definition) is 0. The number of nitrogens with zero attached hydrogens (tertiary/aromatic N) is 1. The van der Waals surface area contributed by atoms with Crippen LogP contribution in [0.2, 0.25) is 15.1 Å². The lowest BCUT2D eigenvalue weighted by Gasteiger charge is -2.18. The van der Waals surface area contributed by atoms with Crippen LogP contribution in [0.15, 0.2) is 41.4 Å². The summed E-state index contributed by atoms with van der Waals surface area (Å²) in [4.78, 5) is 15.9. The summed E-state index contributed by atoms with van der Waals surface area (Å²) in [5.41, 5.74) is -3.27. The van der Waals surface area contributed by atoms with Gasteiger partial charge in [0.2, 0.25) is 5.90 Å². The molecule has 2 aromatic rings. The molecule has 0 bridgehead atoms. The van der Waals surface area contributed by atoms with Gasteiger partial charge in [0.05, 0.1) is 26.5 Å². The maximum atomic E-state index is 13.7. The zero-order valence-electron chi connectivity index (χ0n) is 16.7. The van der Waals surface area contributed by atoms with Gasteiger partial charge in [0.15, 0.2) is 5.54 Å². The summed E-state index contributed by atoms with van der Waals surface area (Å²) in [6.07, 6.45) is -7.32. The summed E-state index contributed by atoms with van der Waals surface area (Å²) in [7, 11) is 0. The third kappa shape index (κ3) is 4.78. The van der Waals surface area contributed by atoms with E-state index in [-0.39, 0.29) is 26.2 Å². The average Bonchev–Trinajstić information content (AvgIpc) is 3.43. The van der Waals surface area contributed by atoms with Crippen molar-refractivity contribution in [3.63, 3.8) is 0 Å². The maximum absolute atomic E-state index is 13.7. The fraction of sp³-hybridized carbons (Fsp3) is 0.273. The Morgan fingerprint density at radius 1 is 1.00 bits per heavy atom. The number of halogens is 9. The summed E-state index contributed by atoms with van der Waals surface area (Å²) < 4.78 is 87.2. The molecule has 1 fully saturated rings. The average molecular weight is 543 g/mol. The van der Waals surface area contributed by atoms with Gasteiger partial charge in [-0.05, 0) is 48.2 Å². The molecule has 180 valence electrons. The second-order valence-corrected chi connectivity index (χ2v) is 9.01. The van der Waals surface area contributed by atoms with Crippen molar-refractivity contribution < 1.29 is 35.9 Å². The molecule has 1 saturated carbocycles. The van der Waals surface area contributed by atoms with E-state index >= 15 is 0 Å². The molecule has 0 amide bonds. The molecule has 1 aliphatic heterocycles. The number of ether oxygens (including phenoxy) is 1. The van der Waals surface area contributed by atoms with E-state index in [0.29, 0.717) is 25.0 Å². The molecule has 0 saturated heterocycles. The molecule has 34 heavy (non-hydrogen) atoms. The van der Waals surface area contributed by atoms with Crippen molar-refractivity contribution in [3.05, 3.63) is 73.7 Å². The molecule has 1 unspecified atom stereocenters. The van der Waals surface area contributed by atoms with Crippen molar-refractivity contribution in [1.29, 1.82) is 0 Å². The zero-order valence-corrected chi connectivity index (χ0v) is 19.0. The number of allylic oxidation sites excluding steroid dienone is 1. The lowest BCUT2D eigenvalue weighted by Crippen LogP contribution is -2.19. The number of rotatable bonds is 4. The summed E-state index contributed by atoms with van der Waals surface area (Å²) >= 11 is 17.5. The first kappa shape index (κ1) is 24.9. The van der Waals surface area contributed by atoms with Crippen molar-refractivity contribution in [3.8, 4) is 0 Å². The lowest BCUT2D eigenvalue weighted by molar-refractivity contribution is -0.139. The maximum Gasteiger partial charge on any atom is 0.417 e. The minimum atomic E-state index is -4.88. The van der Waals surface area contributed by atoms with Gasteiger partial charge in [0.25, 0.3) is 0 Å². The number of alkyl halides is 6. The predicted molar refractivity (Wildman–Crippen MR) is 115 cm³/mol. The summed E-state index contributed by atoms with van der Waals surface area (Å²) in [6, 6.07) is 4.82. The molecule has 1 heterocycles. The summed E-state index contributed by atoms with van der Waals surface area (Å²) in [6.45, 7) is 0. The summed E-state index contributed by atoms with van der Waals surface area (Å²) in [5.74, 6) is -3.39. The van der Waals surface area contributed by atoms with Gasteiger partial charge in [-0.15, -0.1) is 0 Å². The Morgan fingerprint density at radius 2 is 1.62 bits per heavy atom. The van der Waals surface area contributed by atoms with Gasteiger partial charge in [-0.2, -0.15) is 26.3 Å². The van der Waals surface area contributed by atoms with Crippen LogP contribution < -0.4 is 0 Å². The molecule has 3 nitrogen and oxygen atoms in total. The van der Waals surface area contributed by atoms with Gasteiger partial charge in [-0.3, -0.25) is 0 Å². The molecule has 1 aliphatic carbocycles. The molecule has 1 spiro atoms. The predicted octanol–water partition coefficient (Wildman–Crippen LogP) is 7.86. The van der Waals surface area contributed by atoms with E-state index in [1.807, 2.05) is 0 Å². The number of carbonyl (C=O) groups is 1. The second-order valence-electron chi connectivity index (χ2n) is 7.82. The lowest BCUT2D eigenvalue weighted by atomic mass is 9.96. The first-order valence-electron chi connectivity index (χ1n) is 9.64. The van der Waals surface area contributed by atoms with Crippen molar-refractivity contribution in [2.75, 3.05) is 0 Å². The number of aliphatic imine (C=N–C) groups is 1. The van der Waals surface area contributed by atoms with Crippen LogP contribution in [0, 0.1) is 0 Å². The molecule has 0 radical (unpaired) electrons. The molecule has 0 aromatic heterocycles. The van der Waals surface area contributed by atoms with Crippen LogP contribution in [0.1, 0.15) is 41.0 Å². The van der Waals surface area contributed by atoms with Gasteiger partial charge in [0.1, 0.15) is 0 Å².